The van der Waals surface area contributed by atoms with E-state index in [1.165, 1.54) is 18.3 Å². The fourth-order valence-corrected chi connectivity index (χ4v) is 1.86. The van der Waals surface area contributed by atoms with Gasteiger partial charge in [0, 0.05) is 17.3 Å². The first kappa shape index (κ1) is 17.3. The predicted molar refractivity (Wildman–Crippen MR) is 89.2 cm³/mol. The van der Waals surface area contributed by atoms with E-state index in [2.05, 4.69) is 10.3 Å². The van der Waals surface area contributed by atoms with Gasteiger partial charge >= 0.3 is 6.09 Å². The zero-order chi connectivity index (χ0) is 17.7. The molecule has 0 spiro atoms. The molecule has 0 radical (unpaired) electrons. The minimum absolute atomic E-state index is 0.151. The first-order valence-corrected chi connectivity index (χ1v) is 7.36. The normalized spacial score (nSPS) is 10.8. The van der Waals surface area contributed by atoms with E-state index in [4.69, 9.17) is 4.74 Å². The average molecular weight is 326 g/mol. The van der Waals surface area contributed by atoms with Crippen LogP contribution >= 0.6 is 0 Å². The Hall–Kier alpha value is -3.02. The topological polar surface area (TPSA) is 85.4 Å². The third kappa shape index (κ3) is 4.74. The maximum Gasteiger partial charge on any atom is 0.413 e. The number of benzene rings is 1. The number of aromatic nitrogens is 1. The fraction of sp³-hybridized carbons (Fsp3) is 0.222. The molecule has 0 atom stereocenters. The molecule has 1 aromatic carbocycles. The summed E-state index contributed by atoms with van der Waals surface area (Å²) in [6.45, 7) is 5.24. The molecule has 1 aromatic heterocycles. The molecule has 0 saturated carbocycles. The van der Waals surface area contributed by atoms with E-state index >= 15 is 0 Å². The van der Waals surface area contributed by atoms with Crippen molar-refractivity contribution in [2.24, 2.45) is 0 Å². The van der Waals surface area contributed by atoms with Crippen molar-refractivity contribution < 1.29 is 19.1 Å². The van der Waals surface area contributed by atoms with E-state index in [-0.39, 0.29) is 11.4 Å². The van der Waals surface area contributed by atoms with Gasteiger partial charge in [-0.1, -0.05) is 30.3 Å². The Morgan fingerprint density at radius 3 is 2.08 bits per heavy atom. The Labute approximate surface area is 139 Å². The molecule has 0 aliphatic rings. The van der Waals surface area contributed by atoms with Gasteiger partial charge in [0.1, 0.15) is 11.4 Å². The van der Waals surface area contributed by atoms with E-state index in [9.17, 15) is 14.4 Å². The number of nitrogens with zero attached hydrogens (tertiary/aromatic N) is 1. The van der Waals surface area contributed by atoms with Crippen LogP contribution in [-0.4, -0.2) is 28.2 Å². The second-order valence-electron chi connectivity index (χ2n) is 6.08. The molecule has 0 aliphatic heterocycles. The minimum Gasteiger partial charge on any atom is -0.444 e. The number of amides is 1. The predicted octanol–water partition coefficient (Wildman–Crippen LogP) is 3.49. The summed E-state index contributed by atoms with van der Waals surface area (Å²) in [5.41, 5.74) is -0.153. The van der Waals surface area contributed by atoms with Crippen LogP contribution in [0.3, 0.4) is 0 Å². The van der Waals surface area contributed by atoms with Crippen molar-refractivity contribution in [2.45, 2.75) is 26.4 Å². The van der Waals surface area contributed by atoms with Crippen molar-refractivity contribution in [3.8, 4) is 0 Å². The van der Waals surface area contributed by atoms with Gasteiger partial charge in [-0.15, -0.1) is 0 Å². The molecule has 0 fully saturated rings. The van der Waals surface area contributed by atoms with Gasteiger partial charge in [0.2, 0.25) is 11.6 Å². The van der Waals surface area contributed by atoms with Crippen molar-refractivity contribution in [3.05, 3.63) is 59.8 Å². The summed E-state index contributed by atoms with van der Waals surface area (Å²) in [5, 5.41) is 2.46. The van der Waals surface area contributed by atoms with Crippen molar-refractivity contribution in [1.82, 2.24) is 4.98 Å². The van der Waals surface area contributed by atoms with Crippen molar-refractivity contribution >= 4 is 23.5 Å². The first-order chi connectivity index (χ1) is 11.3. The average Bonchev–Trinajstić information content (AvgIpc) is 2.53. The van der Waals surface area contributed by atoms with Crippen LogP contribution < -0.4 is 5.32 Å². The Balaban J connectivity index is 2.05. The molecule has 1 heterocycles. The molecule has 124 valence electrons. The van der Waals surface area contributed by atoms with Crippen LogP contribution in [0.2, 0.25) is 0 Å². The third-order valence-corrected chi connectivity index (χ3v) is 2.90. The Bertz CT molecular complexity index is 747. The van der Waals surface area contributed by atoms with Crippen LogP contribution in [-0.2, 0) is 4.74 Å². The smallest absolute Gasteiger partial charge is 0.413 e. The lowest BCUT2D eigenvalue weighted by molar-refractivity contribution is 0.0635. The molecule has 2 aromatic rings. The van der Waals surface area contributed by atoms with Crippen LogP contribution in [0.15, 0.2) is 48.7 Å². The summed E-state index contributed by atoms with van der Waals surface area (Å²) >= 11 is 0. The number of anilines is 1. The lowest BCUT2D eigenvalue weighted by atomic mass is 10.0. The Kier molecular flexibility index (Phi) is 5.08. The number of hydrogen-bond donors (Lipinski definition) is 1. The largest absolute Gasteiger partial charge is 0.444 e. The van der Waals surface area contributed by atoms with Gasteiger partial charge in [-0.25, -0.2) is 9.78 Å². The molecule has 6 heteroatoms. The number of ether oxygens (including phenoxy) is 1. The van der Waals surface area contributed by atoms with Crippen molar-refractivity contribution in [1.29, 1.82) is 0 Å². The van der Waals surface area contributed by atoms with Gasteiger partial charge in [-0.2, -0.15) is 0 Å². The van der Waals surface area contributed by atoms with Gasteiger partial charge < -0.3 is 4.74 Å². The summed E-state index contributed by atoms with van der Waals surface area (Å²) < 4.78 is 5.10. The quantitative estimate of drug-likeness (QED) is 0.686. The number of hydrogen-bond acceptors (Lipinski definition) is 5. The zero-order valence-electron chi connectivity index (χ0n) is 13.7. The molecule has 2 rings (SSSR count). The number of carbonyl (C=O) groups is 3. The Morgan fingerprint density at radius 2 is 1.54 bits per heavy atom. The fourth-order valence-electron chi connectivity index (χ4n) is 1.86. The van der Waals surface area contributed by atoms with E-state index in [1.54, 1.807) is 51.1 Å². The van der Waals surface area contributed by atoms with Gasteiger partial charge in [-0.3, -0.25) is 14.9 Å². The SMILES string of the molecule is CC(C)(C)OC(=O)Nc1ccc(C(=O)C(=O)c2ccccc2)cn1. The highest BCUT2D eigenvalue weighted by Crippen LogP contribution is 2.12. The van der Waals surface area contributed by atoms with Crippen molar-refractivity contribution in [3.63, 3.8) is 0 Å². The third-order valence-electron chi connectivity index (χ3n) is 2.90. The van der Waals surface area contributed by atoms with Gasteiger partial charge in [-0.05, 0) is 32.9 Å². The van der Waals surface area contributed by atoms with E-state index < -0.39 is 23.3 Å². The summed E-state index contributed by atoms with van der Waals surface area (Å²) in [4.78, 5) is 39.9. The summed E-state index contributed by atoms with van der Waals surface area (Å²) in [5.74, 6) is -1.03. The minimum atomic E-state index is -0.655. The van der Waals surface area contributed by atoms with Gasteiger partial charge in [0.05, 0.1) is 0 Å². The maximum absolute atomic E-state index is 12.2. The molecule has 0 bridgehead atoms. The molecular weight excluding hydrogens is 308 g/mol. The molecule has 0 aliphatic carbocycles. The zero-order valence-corrected chi connectivity index (χ0v) is 13.7. The maximum atomic E-state index is 12.2. The van der Waals surface area contributed by atoms with Crippen LogP contribution in [0.4, 0.5) is 10.6 Å². The first-order valence-electron chi connectivity index (χ1n) is 7.36. The highest BCUT2D eigenvalue weighted by atomic mass is 16.6. The summed E-state index contributed by atoms with van der Waals surface area (Å²) in [6.07, 6.45) is 0.602. The summed E-state index contributed by atoms with van der Waals surface area (Å²) in [7, 11) is 0. The second-order valence-corrected chi connectivity index (χ2v) is 6.08. The number of ketones is 2. The molecule has 6 nitrogen and oxygen atoms in total. The summed E-state index contributed by atoms with van der Waals surface area (Å²) in [6, 6.07) is 11.2. The second kappa shape index (κ2) is 7.04. The van der Waals surface area contributed by atoms with Crippen LogP contribution in [0.1, 0.15) is 41.5 Å². The molecule has 0 unspecified atom stereocenters. The number of rotatable bonds is 4. The Morgan fingerprint density at radius 1 is 0.917 bits per heavy atom. The number of pyridine rings is 1. The number of Topliss-reactive ketones (excluding diaryl/α,β-unsaturated/α-hetero) is 2. The lowest BCUT2D eigenvalue weighted by Crippen LogP contribution is -2.27. The van der Waals surface area contributed by atoms with Crippen molar-refractivity contribution in [2.75, 3.05) is 5.32 Å². The highest BCUT2D eigenvalue weighted by molar-refractivity contribution is 6.49. The van der Waals surface area contributed by atoms with E-state index in [0.29, 0.717) is 5.56 Å². The van der Waals surface area contributed by atoms with Crippen LogP contribution in [0.5, 0.6) is 0 Å². The van der Waals surface area contributed by atoms with E-state index in [0.717, 1.165) is 0 Å². The van der Waals surface area contributed by atoms with Gasteiger partial charge in [0.15, 0.2) is 0 Å². The van der Waals surface area contributed by atoms with Crippen LogP contribution in [0, 0.1) is 0 Å². The standard InChI is InChI=1S/C18H18N2O4/c1-18(2,3)24-17(23)20-14-10-9-13(11-19-14)16(22)15(21)12-7-5-4-6-8-12/h4-11H,1-3H3,(H,19,20,23). The monoisotopic (exact) mass is 326 g/mol. The van der Waals surface area contributed by atoms with Gasteiger partial charge in [0.25, 0.3) is 0 Å². The molecule has 1 N–H and O–H groups in total. The van der Waals surface area contributed by atoms with Crippen LogP contribution in [0.25, 0.3) is 0 Å². The molecule has 1 amide bonds. The molecular formula is C18H18N2O4. The lowest BCUT2D eigenvalue weighted by Gasteiger charge is -2.19. The molecule has 24 heavy (non-hydrogen) atoms. The van der Waals surface area contributed by atoms with E-state index in [1.807, 2.05) is 0 Å². The number of nitrogens with one attached hydrogen (secondary N) is 1. The molecule has 0 saturated heterocycles. The number of carbonyl (C=O) groups excluding carboxylic acids is 3. The highest BCUT2D eigenvalue weighted by Gasteiger charge is 2.19.